The van der Waals surface area contributed by atoms with Gasteiger partial charge in [0.2, 0.25) is 5.78 Å². The molecule has 0 atom stereocenters. The molecule has 0 unspecified atom stereocenters. The maximum Gasteiger partial charge on any atom is 0.221 e. The van der Waals surface area contributed by atoms with Crippen LogP contribution in [0.5, 0.6) is 0 Å². The van der Waals surface area contributed by atoms with Crippen molar-refractivity contribution in [2.45, 2.75) is 13.8 Å². The predicted octanol–water partition coefficient (Wildman–Crippen LogP) is 3.79. The zero-order chi connectivity index (χ0) is 12.3. The van der Waals surface area contributed by atoms with E-state index in [4.69, 9.17) is 4.42 Å². The average molecular weight is 226 g/mol. The summed E-state index contributed by atoms with van der Waals surface area (Å²) in [5, 5.41) is 0. The lowest BCUT2D eigenvalue weighted by molar-refractivity contribution is 0.102. The molecule has 17 heavy (non-hydrogen) atoms. The topological polar surface area (TPSA) is 30.2 Å². The van der Waals surface area contributed by atoms with E-state index in [0.717, 1.165) is 11.3 Å². The molecule has 0 aliphatic carbocycles. The zero-order valence-corrected chi connectivity index (χ0v) is 9.94. The number of allylic oxidation sites excluding steroid dienone is 1. The van der Waals surface area contributed by atoms with E-state index >= 15 is 0 Å². The van der Waals surface area contributed by atoms with Gasteiger partial charge in [0.15, 0.2) is 5.76 Å². The second kappa shape index (κ2) is 4.83. The number of carbonyl (C=O) groups excluding carboxylic acids is 1. The number of benzene rings is 1. The Kier molecular flexibility index (Phi) is 3.24. The molecule has 1 aromatic carbocycles. The summed E-state index contributed by atoms with van der Waals surface area (Å²) in [5.41, 5.74) is 2.19. The van der Waals surface area contributed by atoms with Crippen molar-refractivity contribution in [3.05, 3.63) is 65.1 Å². The van der Waals surface area contributed by atoms with Crippen LogP contribution in [-0.4, -0.2) is 5.78 Å². The molecule has 0 radical (unpaired) electrons. The van der Waals surface area contributed by atoms with Crippen LogP contribution in [0, 0.1) is 13.8 Å². The minimum Gasteiger partial charge on any atom is -0.458 e. The van der Waals surface area contributed by atoms with E-state index in [1.54, 1.807) is 18.2 Å². The van der Waals surface area contributed by atoms with E-state index in [-0.39, 0.29) is 5.78 Å². The number of carbonyl (C=O) groups is 1. The Balaban J connectivity index is 2.13. The molecule has 0 spiro atoms. The first kappa shape index (κ1) is 11.4. The van der Waals surface area contributed by atoms with Gasteiger partial charge in [0, 0.05) is 0 Å². The fourth-order valence-corrected chi connectivity index (χ4v) is 1.59. The van der Waals surface area contributed by atoms with E-state index < -0.39 is 0 Å². The normalized spacial score (nSPS) is 10.9. The van der Waals surface area contributed by atoms with Crippen LogP contribution in [0.2, 0.25) is 0 Å². The molecule has 0 bridgehead atoms. The maximum absolute atomic E-state index is 11.7. The summed E-state index contributed by atoms with van der Waals surface area (Å²) in [6.07, 6.45) is 3.33. The molecule has 0 saturated heterocycles. The standard InChI is InChI=1S/C15H14O2/c1-11-4-3-5-13(10-11)7-8-14(16)15-9-6-12(2)17-15/h3-10H,1-2H3/b8-7+. The van der Waals surface area contributed by atoms with Gasteiger partial charge in [-0.1, -0.05) is 35.9 Å². The Hall–Kier alpha value is -2.09. The average Bonchev–Trinajstić information content (AvgIpc) is 2.73. The van der Waals surface area contributed by atoms with Gasteiger partial charge in [-0.15, -0.1) is 0 Å². The van der Waals surface area contributed by atoms with Gasteiger partial charge in [-0.2, -0.15) is 0 Å². The highest BCUT2D eigenvalue weighted by Gasteiger charge is 2.05. The predicted molar refractivity (Wildman–Crippen MR) is 68.0 cm³/mol. The van der Waals surface area contributed by atoms with Gasteiger partial charge >= 0.3 is 0 Å². The van der Waals surface area contributed by atoms with Gasteiger partial charge in [-0.25, -0.2) is 0 Å². The molecule has 0 fully saturated rings. The Morgan fingerprint density at radius 2 is 2.00 bits per heavy atom. The van der Waals surface area contributed by atoms with Crippen molar-refractivity contribution in [3.63, 3.8) is 0 Å². The van der Waals surface area contributed by atoms with Crippen molar-refractivity contribution in [3.8, 4) is 0 Å². The van der Waals surface area contributed by atoms with E-state index in [1.807, 2.05) is 38.1 Å². The summed E-state index contributed by atoms with van der Waals surface area (Å²) in [4.78, 5) is 11.7. The van der Waals surface area contributed by atoms with Crippen molar-refractivity contribution >= 4 is 11.9 Å². The third-order valence-electron chi connectivity index (χ3n) is 2.45. The van der Waals surface area contributed by atoms with Crippen LogP contribution in [0.4, 0.5) is 0 Å². The lowest BCUT2D eigenvalue weighted by atomic mass is 10.1. The van der Waals surface area contributed by atoms with Gasteiger partial charge in [-0.3, -0.25) is 4.79 Å². The number of rotatable bonds is 3. The molecule has 0 saturated carbocycles. The van der Waals surface area contributed by atoms with Gasteiger partial charge in [-0.05, 0) is 37.6 Å². The van der Waals surface area contributed by atoms with Crippen LogP contribution in [0.15, 0.2) is 46.9 Å². The molecular weight excluding hydrogens is 212 g/mol. The van der Waals surface area contributed by atoms with Gasteiger partial charge in [0.1, 0.15) is 5.76 Å². The maximum atomic E-state index is 11.7. The smallest absolute Gasteiger partial charge is 0.221 e. The van der Waals surface area contributed by atoms with Crippen LogP contribution in [0.3, 0.4) is 0 Å². The monoisotopic (exact) mass is 226 g/mol. The molecule has 1 aromatic heterocycles. The lowest BCUT2D eigenvalue weighted by Gasteiger charge is -1.95. The SMILES string of the molecule is Cc1cccc(/C=C/C(=O)c2ccc(C)o2)c1. The van der Waals surface area contributed by atoms with E-state index in [2.05, 4.69) is 0 Å². The first-order chi connectivity index (χ1) is 8.15. The van der Waals surface area contributed by atoms with Crippen molar-refractivity contribution in [1.82, 2.24) is 0 Å². The summed E-state index contributed by atoms with van der Waals surface area (Å²) in [6.45, 7) is 3.84. The summed E-state index contributed by atoms with van der Waals surface area (Å²) in [6, 6.07) is 11.5. The molecule has 0 aliphatic heterocycles. The fourth-order valence-electron chi connectivity index (χ4n) is 1.59. The highest BCUT2D eigenvalue weighted by Crippen LogP contribution is 2.10. The highest BCUT2D eigenvalue weighted by atomic mass is 16.3. The molecular formula is C15H14O2. The number of aryl methyl sites for hydroxylation is 2. The number of ketones is 1. The molecule has 0 N–H and O–H groups in total. The van der Waals surface area contributed by atoms with Crippen LogP contribution in [-0.2, 0) is 0 Å². The van der Waals surface area contributed by atoms with E-state index in [9.17, 15) is 4.79 Å². The molecule has 2 heteroatoms. The molecule has 0 aliphatic rings. The molecule has 1 heterocycles. The minimum atomic E-state index is -0.111. The van der Waals surface area contributed by atoms with Crippen LogP contribution in [0.25, 0.3) is 6.08 Å². The number of furan rings is 1. The Morgan fingerprint density at radius 1 is 1.18 bits per heavy atom. The Labute approximate surface area is 101 Å². The summed E-state index contributed by atoms with van der Waals surface area (Å²) < 4.78 is 5.26. The van der Waals surface area contributed by atoms with Gasteiger partial charge < -0.3 is 4.42 Å². The van der Waals surface area contributed by atoms with Crippen molar-refractivity contribution in [2.24, 2.45) is 0 Å². The molecule has 0 amide bonds. The van der Waals surface area contributed by atoms with Crippen molar-refractivity contribution in [1.29, 1.82) is 0 Å². The highest BCUT2D eigenvalue weighted by molar-refractivity contribution is 6.04. The third-order valence-corrected chi connectivity index (χ3v) is 2.45. The molecule has 86 valence electrons. The lowest BCUT2D eigenvalue weighted by Crippen LogP contribution is -1.90. The number of hydrogen-bond acceptors (Lipinski definition) is 2. The molecule has 2 nitrogen and oxygen atoms in total. The second-order valence-corrected chi connectivity index (χ2v) is 4.02. The first-order valence-corrected chi connectivity index (χ1v) is 5.51. The van der Waals surface area contributed by atoms with Gasteiger partial charge in [0.05, 0.1) is 0 Å². The van der Waals surface area contributed by atoms with Crippen molar-refractivity contribution < 1.29 is 9.21 Å². The summed E-state index contributed by atoms with van der Waals surface area (Å²) in [7, 11) is 0. The number of hydrogen-bond donors (Lipinski definition) is 0. The fraction of sp³-hybridized carbons (Fsp3) is 0.133. The summed E-state index contributed by atoms with van der Waals surface area (Å²) >= 11 is 0. The third kappa shape index (κ3) is 2.94. The summed E-state index contributed by atoms with van der Waals surface area (Å²) in [5.74, 6) is 1.02. The van der Waals surface area contributed by atoms with Gasteiger partial charge in [0.25, 0.3) is 0 Å². The van der Waals surface area contributed by atoms with Crippen LogP contribution < -0.4 is 0 Å². The zero-order valence-electron chi connectivity index (χ0n) is 9.94. The van der Waals surface area contributed by atoms with Crippen LogP contribution >= 0.6 is 0 Å². The van der Waals surface area contributed by atoms with E-state index in [0.29, 0.717) is 5.76 Å². The Bertz CT molecular complexity index is 562. The Morgan fingerprint density at radius 3 is 2.65 bits per heavy atom. The quantitative estimate of drug-likeness (QED) is 0.588. The largest absolute Gasteiger partial charge is 0.458 e. The molecule has 2 aromatic rings. The van der Waals surface area contributed by atoms with E-state index in [1.165, 1.54) is 11.6 Å². The first-order valence-electron chi connectivity index (χ1n) is 5.51. The molecule has 2 rings (SSSR count). The minimum absolute atomic E-state index is 0.111. The second-order valence-electron chi connectivity index (χ2n) is 4.02. The van der Waals surface area contributed by atoms with Crippen molar-refractivity contribution in [2.75, 3.05) is 0 Å². The van der Waals surface area contributed by atoms with Crippen LogP contribution in [0.1, 0.15) is 27.4 Å².